The summed E-state index contributed by atoms with van der Waals surface area (Å²) in [7, 11) is -4.73. The van der Waals surface area contributed by atoms with E-state index in [-0.39, 0.29) is 19.4 Å². The van der Waals surface area contributed by atoms with Crippen LogP contribution in [-0.2, 0) is 37.5 Å². The summed E-state index contributed by atoms with van der Waals surface area (Å²) in [4.78, 5) is 45.8. The molecule has 0 aliphatic rings. The molecule has 0 amide bonds. The molecule has 0 aliphatic carbocycles. The van der Waals surface area contributed by atoms with E-state index in [0.717, 1.165) is 51.4 Å². The highest BCUT2D eigenvalue weighted by Crippen LogP contribution is 2.43. The van der Waals surface area contributed by atoms with Gasteiger partial charge in [-0.25, -0.2) is 4.57 Å². The minimum absolute atomic E-state index is 0.0369. The number of unbranched alkanes of at least 4 members (excludes halogenated alkanes) is 14. The van der Waals surface area contributed by atoms with Gasteiger partial charge >= 0.3 is 25.7 Å². The molecule has 0 saturated heterocycles. The molecular weight excluding hydrogens is 721 g/mol. The van der Waals surface area contributed by atoms with E-state index in [1.165, 1.54) is 70.6 Å². The van der Waals surface area contributed by atoms with E-state index in [1.807, 2.05) is 12.2 Å². The number of carbonyl (C=O) groups is 3. The molecule has 0 radical (unpaired) electrons. The first kappa shape index (κ1) is 52.2. The van der Waals surface area contributed by atoms with Gasteiger partial charge < -0.3 is 25.2 Å². The largest absolute Gasteiger partial charge is 0.480 e. The molecule has 4 N–H and O–H groups in total. The van der Waals surface area contributed by atoms with E-state index < -0.39 is 51.1 Å². The van der Waals surface area contributed by atoms with Crippen molar-refractivity contribution in [3.8, 4) is 0 Å². The van der Waals surface area contributed by atoms with Gasteiger partial charge in [-0.1, -0.05) is 158 Å². The molecular formula is C43H74NO10P. The van der Waals surface area contributed by atoms with E-state index in [4.69, 9.17) is 24.8 Å². The molecule has 0 aromatic rings. The van der Waals surface area contributed by atoms with Crippen LogP contribution < -0.4 is 5.73 Å². The zero-order valence-corrected chi connectivity index (χ0v) is 34.9. The summed E-state index contributed by atoms with van der Waals surface area (Å²) in [5, 5.41) is 8.87. The minimum atomic E-state index is -4.73. The monoisotopic (exact) mass is 796 g/mol. The third-order valence-electron chi connectivity index (χ3n) is 8.53. The Balaban J connectivity index is 4.53. The minimum Gasteiger partial charge on any atom is -0.480 e. The summed E-state index contributed by atoms with van der Waals surface area (Å²) in [6, 6.07) is -1.53. The second-order valence-electron chi connectivity index (χ2n) is 13.8. The van der Waals surface area contributed by atoms with Gasteiger partial charge in [-0.15, -0.1) is 0 Å². The first-order valence-electron chi connectivity index (χ1n) is 20.8. The van der Waals surface area contributed by atoms with E-state index >= 15 is 0 Å². The van der Waals surface area contributed by atoms with Crippen molar-refractivity contribution in [2.75, 3.05) is 19.8 Å². The van der Waals surface area contributed by atoms with Crippen molar-refractivity contribution >= 4 is 25.7 Å². The fourth-order valence-corrected chi connectivity index (χ4v) is 6.00. The van der Waals surface area contributed by atoms with Crippen LogP contribution in [0.15, 0.2) is 60.8 Å². The first-order chi connectivity index (χ1) is 26.6. The van der Waals surface area contributed by atoms with Gasteiger partial charge in [0.05, 0.1) is 13.2 Å². The molecule has 11 nitrogen and oxygen atoms in total. The van der Waals surface area contributed by atoms with Crippen molar-refractivity contribution in [1.29, 1.82) is 0 Å². The van der Waals surface area contributed by atoms with Crippen LogP contribution in [0.25, 0.3) is 0 Å². The smallest absolute Gasteiger partial charge is 0.472 e. The van der Waals surface area contributed by atoms with Gasteiger partial charge in [0.1, 0.15) is 12.6 Å². The van der Waals surface area contributed by atoms with Crippen LogP contribution in [0.3, 0.4) is 0 Å². The van der Waals surface area contributed by atoms with Crippen LogP contribution in [0.2, 0.25) is 0 Å². The zero-order valence-electron chi connectivity index (χ0n) is 34.0. The first-order valence-corrected chi connectivity index (χ1v) is 22.3. The Labute approximate surface area is 332 Å². The lowest BCUT2D eigenvalue weighted by Gasteiger charge is -2.20. The lowest BCUT2D eigenvalue weighted by Crippen LogP contribution is -2.34. The van der Waals surface area contributed by atoms with Crippen molar-refractivity contribution in [2.24, 2.45) is 5.73 Å². The Morgan fingerprint density at radius 3 is 1.51 bits per heavy atom. The molecule has 0 bridgehead atoms. The molecule has 0 fully saturated rings. The van der Waals surface area contributed by atoms with Crippen LogP contribution in [0.4, 0.5) is 0 Å². The molecule has 316 valence electrons. The fraction of sp³-hybridized carbons (Fsp3) is 0.698. The normalized spacial score (nSPS) is 14.4. The number of nitrogens with two attached hydrogens (primary N) is 1. The Bertz CT molecular complexity index is 1170. The van der Waals surface area contributed by atoms with Crippen molar-refractivity contribution in [2.45, 2.75) is 174 Å². The van der Waals surface area contributed by atoms with E-state index in [0.29, 0.717) is 12.8 Å². The van der Waals surface area contributed by atoms with Gasteiger partial charge in [0, 0.05) is 12.8 Å². The third kappa shape index (κ3) is 37.9. The number of aliphatic carboxylic acids is 1. The molecule has 0 spiro atoms. The molecule has 12 heteroatoms. The van der Waals surface area contributed by atoms with E-state index in [2.05, 4.69) is 67.0 Å². The summed E-state index contributed by atoms with van der Waals surface area (Å²) in [5.41, 5.74) is 5.32. The second-order valence-corrected chi connectivity index (χ2v) is 15.2. The van der Waals surface area contributed by atoms with Crippen LogP contribution in [0, 0.1) is 0 Å². The Morgan fingerprint density at radius 1 is 0.564 bits per heavy atom. The fourth-order valence-electron chi connectivity index (χ4n) is 5.22. The molecule has 55 heavy (non-hydrogen) atoms. The van der Waals surface area contributed by atoms with Gasteiger partial charge in [-0.3, -0.25) is 23.4 Å². The molecule has 0 aliphatic heterocycles. The number of esters is 2. The van der Waals surface area contributed by atoms with Gasteiger partial charge in [-0.2, -0.15) is 0 Å². The predicted octanol–water partition coefficient (Wildman–Crippen LogP) is 10.8. The maximum absolute atomic E-state index is 12.6. The summed E-state index contributed by atoms with van der Waals surface area (Å²) in [6.45, 7) is 2.68. The number of phosphoric acid groups is 1. The number of hydrogen-bond acceptors (Lipinski definition) is 9. The summed E-state index contributed by atoms with van der Waals surface area (Å²) < 4.78 is 32.5. The van der Waals surface area contributed by atoms with Crippen LogP contribution in [-0.4, -0.2) is 59.9 Å². The lowest BCUT2D eigenvalue weighted by molar-refractivity contribution is -0.161. The summed E-state index contributed by atoms with van der Waals surface area (Å²) in [6.07, 6.45) is 43.0. The number of rotatable bonds is 38. The van der Waals surface area contributed by atoms with E-state index in [1.54, 1.807) is 0 Å². The summed E-state index contributed by atoms with van der Waals surface area (Å²) >= 11 is 0. The van der Waals surface area contributed by atoms with Gasteiger partial charge in [0.2, 0.25) is 0 Å². The third-order valence-corrected chi connectivity index (χ3v) is 9.48. The molecule has 0 rings (SSSR count). The number of allylic oxidation sites excluding steroid dienone is 10. The van der Waals surface area contributed by atoms with E-state index in [9.17, 15) is 23.8 Å². The maximum atomic E-state index is 12.6. The molecule has 0 aromatic heterocycles. The average molecular weight is 796 g/mol. The second kappa shape index (κ2) is 38.1. The standard InChI is InChI=1S/C43H74NO10P/c1-3-5-7-9-11-13-15-17-18-19-20-21-22-23-25-27-29-31-33-35-42(46)54-39(37-52-55(49,50)53-38-40(44)43(47)48)36-51-41(45)34-32-30-28-26-24-16-14-12-10-8-6-4-2/h11,13,17-18,20-21,23,25,29,31,39-40H,3-10,12,14-16,19,22,24,26-28,30,32-38,44H2,1-2H3,(H,47,48)(H,49,50)/b13-11+,18-17+,21-20+,25-23+,31-29+/t39-,40-/m0/s1. The molecule has 0 saturated carbocycles. The van der Waals surface area contributed by atoms with Crippen LogP contribution in [0.5, 0.6) is 0 Å². The molecule has 0 heterocycles. The molecule has 1 unspecified atom stereocenters. The van der Waals surface area contributed by atoms with Gasteiger partial charge in [0.15, 0.2) is 6.10 Å². The predicted molar refractivity (Wildman–Crippen MR) is 221 cm³/mol. The Morgan fingerprint density at radius 2 is 1.00 bits per heavy atom. The zero-order chi connectivity index (χ0) is 40.7. The van der Waals surface area contributed by atoms with Crippen molar-refractivity contribution in [3.05, 3.63) is 60.8 Å². The number of hydrogen-bond donors (Lipinski definition) is 3. The number of carbonyl (C=O) groups excluding carboxylic acids is 2. The molecule has 3 atom stereocenters. The van der Waals surface area contributed by atoms with Crippen molar-refractivity contribution in [1.82, 2.24) is 0 Å². The van der Waals surface area contributed by atoms with Gasteiger partial charge in [0.25, 0.3) is 0 Å². The van der Waals surface area contributed by atoms with Crippen molar-refractivity contribution < 1.29 is 47.5 Å². The highest BCUT2D eigenvalue weighted by Gasteiger charge is 2.28. The van der Waals surface area contributed by atoms with Crippen molar-refractivity contribution in [3.63, 3.8) is 0 Å². The molecule has 0 aromatic carbocycles. The lowest BCUT2D eigenvalue weighted by atomic mass is 10.0. The maximum Gasteiger partial charge on any atom is 0.472 e. The topological polar surface area (TPSA) is 172 Å². The quantitative estimate of drug-likeness (QED) is 0.0235. The highest BCUT2D eigenvalue weighted by atomic mass is 31.2. The SMILES string of the molecule is CCCCC/C=C/C/C=C/C/C=C/C/C=C/C/C=C/CCC(=O)O[C@@H](COC(=O)CCCCCCCCCCCCCC)COP(=O)(O)OC[C@H](N)C(=O)O. The number of carboxylic acids is 1. The highest BCUT2D eigenvalue weighted by molar-refractivity contribution is 7.47. The van der Waals surface area contributed by atoms with Crippen LogP contribution in [0.1, 0.15) is 162 Å². The summed E-state index contributed by atoms with van der Waals surface area (Å²) in [5.74, 6) is -2.49. The number of phosphoric ester groups is 1. The number of ether oxygens (including phenoxy) is 2. The van der Waals surface area contributed by atoms with Gasteiger partial charge in [-0.05, 0) is 51.4 Å². The number of carboxylic acid groups (broad SMARTS) is 1. The Hall–Kier alpha value is -2.82. The Kier molecular flexibility index (Phi) is 36.1. The average Bonchev–Trinajstić information content (AvgIpc) is 3.16. The van der Waals surface area contributed by atoms with Crippen LogP contribution >= 0.6 is 7.82 Å².